The normalized spacial score (nSPS) is 17.4. The van der Waals surface area contributed by atoms with Gasteiger partial charge in [0.2, 0.25) is 5.91 Å². The van der Waals surface area contributed by atoms with Crippen LogP contribution < -0.4 is 10.1 Å². The molecule has 1 fully saturated rings. The highest BCUT2D eigenvalue weighted by Crippen LogP contribution is 2.22. The Morgan fingerprint density at radius 1 is 1.30 bits per heavy atom. The van der Waals surface area contributed by atoms with Crippen LogP contribution >= 0.6 is 0 Å². The van der Waals surface area contributed by atoms with Gasteiger partial charge in [-0.25, -0.2) is 9.97 Å². The average molecular weight is 368 g/mol. The monoisotopic (exact) mass is 368 g/mol. The number of hydrogen-bond donors (Lipinski definition) is 1. The Hall–Kier alpha value is -2.47. The number of rotatable bonds is 8. The number of nitrogens with one attached hydrogen (secondary N) is 1. The molecule has 6 heteroatoms. The highest BCUT2D eigenvalue weighted by Gasteiger charge is 2.20. The summed E-state index contributed by atoms with van der Waals surface area (Å²) in [6.07, 6.45) is 9.22. The van der Waals surface area contributed by atoms with E-state index in [1.165, 1.54) is 12.8 Å². The molecule has 0 radical (unpaired) electrons. The molecular weight excluding hydrogens is 340 g/mol. The molecule has 0 saturated carbocycles. The molecule has 144 valence electrons. The van der Waals surface area contributed by atoms with E-state index in [-0.39, 0.29) is 5.91 Å². The topological polar surface area (TPSA) is 67.3 Å². The standard InChI is InChI=1S/C21H28N4O2/c1-27-20-6-2-4-18(10-20)13-24-21(26)8-7-17-5-3-9-25(14-17)15-19-11-22-16-23-12-19/h2,4,6,10-12,16-17H,3,5,7-9,13-15H2,1H3,(H,24,26)/t17-/m0/s1. The van der Waals surface area contributed by atoms with Gasteiger partial charge < -0.3 is 10.1 Å². The summed E-state index contributed by atoms with van der Waals surface area (Å²) in [5, 5.41) is 3.02. The van der Waals surface area contributed by atoms with Gasteiger partial charge in [-0.05, 0) is 49.4 Å². The van der Waals surface area contributed by atoms with Gasteiger partial charge in [0.25, 0.3) is 0 Å². The number of hydrogen-bond acceptors (Lipinski definition) is 5. The summed E-state index contributed by atoms with van der Waals surface area (Å²) in [7, 11) is 1.65. The lowest BCUT2D eigenvalue weighted by Crippen LogP contribution is -2.35. The van der Waals surface area contributed by atoms with Gasteiger partial charge in [0.15, 0.2) is 0 Å². The van der Waals surface area contributed by atoms with Crippen LogP contribution in [0.5, 0.6) is 5.75 Å². The Bertz CT molecular complexity index is 723. The second-order valence-corrected chi connectivity index (χ2v) is 7.16. The molecule has 2 heterocycles. The average Bonchev–Trinajstić information content (AvgIpc) is 2.72. The van der Waals surface area contributed by atoms with Gasteiger partial charge in [0.1, 0.15) is 12.1 Å². The number of benzene rings is 1. The van der Waals surface area contributed by atoms with Crippen molar-refractivity contribution >= 4 is 5.91 Å². The van der Waals surface area contributed by atoms with Gasteiger partial charge in [-0.2, -0.15) is 0 Å². The number of methoxy groups -OCH3 is 1. The van der Waals surface area contributed by atoms with Gasteiger partial charge in [-0.3, -0.25) is 9.69 Å². The van der Waals surface area contributed by atoms with E-state index in [0.29, 0.717) is 18.9 Å². The Morgan fingerprint density at radius 3 is 2.96 bits per heavy atom. The van der Waals surface area contributed by atoms with Gasteiger partial charge in [-0.15, -0.1) is 0 Å². The largest absolute Gasteiger partial charge is 0.497 e. The number of carbonyl (C=O) groups is 1. The molecule has 1 amide bonds. The van der Waals surface area contributed by atoms with Crippen molar-refractivity contribution in [3.05, 3.63) is 54.1 Å². The third-order valence-corrected chi connectivity index (χ3v) is 5.03. The van der Waals surface area contributed by atoms with Crippen molar-refractivity contribution in [1.82, 2.24) is 20.2 Å². The van der Waals surface area contributed by atoms with Crippen LogP contribution in [-0.4, -0.2) is 41.0 Å². The van der Waals surface area contributed by atoms with Crippen molar-refractivity contribution < 1.29 is 9.53 Å². The molecule has 0 unspecified atom stereocenters. The summed E-state index contributed by atoms with van der Waals surface area (Å²) in [6, 6.07) is 7.79. The number of likely N-dealkylation sites (tertiary alicyclic amines) is 1. The summed E-state index contributed by atoms with van der Waals surface area (Å²) >= 11 is 0. The first-order valence-corrected chi connectivity index (χ1v) is 9.59. The molecule has 6 nitrogen and oxygen atoms in total. The lowest BCUT2D eigenvalue weighted by Gasteiger charge is -2.32. The van der Waals surface area contributed by atoms with E-state index in [1.54, 1.807) is 13.4 Å². The fourth-order valence-corrected chi connectivity index (χ4v) is 3.61. The molecule has 1 aliphatic heterocycles. The van der Waals surface area contributed by atoms with Crippen molar-refractivity contribution in [2.24, 2.45) is 5.92 Å². The Morgan fingerprint density at radius 2 is 2.15 bits per heavy atom. The number of amides is 1. The fraction of sp³-hybridized carbons (Fsp3) is 0.476. The third kappa shape index (κ3) is 6.32. The first-order valence-electron chi connectivity index (χ1n) is 9.59. The molecule has 1 aromatic carbocycles. The smallest absolute Gasteiger partial charge is 0.220 e. The summed E-state index contributed by atoms with van der Waals surface area (Å²) in [5.74, 6) is 1.50. The maximum absolute atomic E-state index is 12.2. The van der Waals surface area contributed by atoms with Gasteiger partial charge in [-0.1, -0.05) is 12.1 Å². The summed E-state index contributed by atoms with van der Waals surface area (Å²) in [6.45, 7) is 3.58. The molecule has 1 atom stereocenters. The SMILES string of the molecule is COc1cccc(CNC(=O)CC[C@@H]2CCCN(Cc3cncnc3)C2)c1. The third-order valence-electron chi connectivity index (χ3n) is 5.03. The highest BCUT2D eigenvalue weighted by molar-refractivity contribution is 5.75. The van der Waals surface area contributed by atoms with E-state index < -0.39 is 0 Å². The van der Waals surface area contributed by atoms with Crippen LogP contribution in [0.25, 0.3) is 0 Å². The minimum Gasteiger partial charge on any atom is -0.497 e. The molecule has 1 N–H and O–H groups in total. The van der Waals surface area contributed by atoms with E-state index in [9.17, 15) is 4.79 Å². The van der Waals surface area contributed by atoms with Crippen molar-refractivity contribution in [3.63, 3.8) is 0 Å². The minimum atomic E-state index is 0.117. The van der Waals surface area contributed by atoms with E-state index >= 15 is 0 Å². The predicted molar refractivity (Wildman–Crippen MR) is 104 cm³/mol. The fourth-order valence-electron chi connectivity index (χ4n) is 3.61. The number of ether oxygens (including phenoxy) is 1. The molecule has 0 spiro atoms. The molecule has 1 aliphatic rings. The van der Waals surface area contributed by atoms with Crippen LogP contribution in [0.4, 0.5) is 0 Å². The first kappa shape index (κ1) is 19.3. The van der Waals surface area contributed by atoms with Crippen molar-refractivity contribution in [2.45, 2.75) is 38.8 Å². The highest BCUT2D eigenvalue weighted by atomic mass is 16.5. The van der Waals surface area contributed by atoms with Crippen molar-refractivity contribution in [1.29, 1.82) is 0 Å². The molecule has 27 heavy (non-hydrogen) atoms. The Kier molecular flexibility index (Phi) is 7.16. The molecule has 0 bridgehead atoms. The maximum atomic E-state index is 12.2. The van der Waals surface area contributed by atoms with Crippen molar-refractivity contribution in [2.75, 3.05) is 20.2 Å². The summed E-state index contributed by atoms with van der Waals surface area (Å²) < 4.78 is 5.22. The van der Waals surface area contributed by atoms with E-state index in [4.69, 9.17) is 4.74 Å². The summed E-state index contributed by atoms with van der Waals surface area (Å²) in [4.78, 5) is 22.8. The van der Waals surface area contributed by atoms with Crippen LogP contribution in [-0.2, 0) is 17.9 Å². The van der Waals surface area contributed by atoms with Gasteiger partial charge in [0, 0.05) is 44.0 Å². The van der Waals surface area contributed by atoms with Crippen LogP contribution in [0.1, 0.15) is 36.8 Å². The van der Waals surface area contributed by atoms with Gasteiger partial charge in [0.05, 0.1) is 7.11 Å². The van der Waals surface area contributed by atoms with E-state index in [0.717, 1.165) is 42.9 Å². The van der Waals surface area contributed by atoms with Crippen LogP contribution in [0.2, 0.25) is 0 Å². The predicted octanol–water partition coefficient (Wildman–Crippen LogP) is 2.79. The molecular formula is C21H28N4O2. The Balaban J connectivity index is 1.39. The molecule has 3 rings (SSSR count). The zero-order chi connectivity index (χ0) is 18.9. The number of carbonyl (C=O) groups excluding carboxylic acids is 1. The second kappa shape index (κ2) is 10.0. The van der Waals surface area contributed by atoms with Crippen molar-refractivity contribution in [3.8, 4) is 5.75 Å². The maximum Gasteiger partial charge on any atom is 0.220 e. The zero-order valence-electron chi connectivity index (χ0n) is 15.9. The molecule has 1 saturated heterocycles. The molecule has 2 aromatic rings. The second-order valence-electron chi connectivity index (χ2n) is 7.16. The van der Waals surface area contributed by atoms with Crippen LogP contribution in [0.15, 0.2) is 43.0 Å². The first-order chi connectivity index (χ1) is 13.2. The van der Waals surface area contributed by atoms with E-state index in [2.05, 4.69) is 20.2 Å². The molecule has 1 aromatic heterocycles. The number of aromatic nitrogens is 2. The van der Waals surface area contributed by atoms with Crippen LogP contribution in [0, 0.1) is 5.92 Å². The van der Waals surface area contributed by atoms with Gasteiger partial charge >= 0.3 is 0 Å². The zero-order valence-corrected chi connectivity index (χ0v) is 15.9. The Labute approximate surface area is 161 Å². The quantitative estimate of drug-likeness (QED) is 0.776. The summed E-state index contributed by atoms with van der Waals surface area (Å²) in [5.41, 5.74) is 2.20. The minimum absolute atomic E-state index is 0.117. The lowest BCUT2D eigenvalue weighted by atomic mass is 9.93. The lowest BCUT2D eigenvalue weighted by molar-refractivity contribution is -0.121. The van der Waals surface area contributed by atoms with E-state index in [1.807, 2.05) is 36.7 Å². The molecule has 0 aliphatic carbocycles. The number of piperidine rings is 1. The van der Waals surface area contributed by atoms with Crippen LogP contribution in [0.3, 0.4) is 0 Å². The number of nitrogens with zero attached hydrogens (tertiary/aromatic N) is 3.